The number of benzene rings is 1. The summed E-state index contributed by atoms with van der Waals surface area (Å²) >= 11 is 0. The minimum Gasteiger partial charge on any atom is -0.387 e. The zero-order valence-electron chi connectivity index (χ0n) is 13.2. The van der Waals surface area contributed by atoms with Crippen molar-refractivity contribution in [3.63, 3.8) is 0 Å². The molecule has 1 N–H and O–H groups in total. The average Bonchev–Trinajstić information content (AvgIpc) is 2.97. The van der Waals surface area contributed by atoms with E-state index in [0.717, 1.165) is 5.56 Å². The molecule has 1 unspecified atom stereocenters. The molecule has 3 atom stereocenters. The predicted molar refractivity (Wildman–Crippen MR) is 82.2 cm³/mol. The lowest BCUT2D eigenvalue weighted by Crippen LogP contribution is -2.37. The molecule has 1 saturated carbocycles. The van der Waals surface area contributed by atoms with Crippen LogP contribution in [-0.4, -0.2) is 29.9 Å². The monoisotopic (exact) mass is 304 g/mol. The van der Waals surface area contributed by atoms with E-state index in [0.29, 0.717) is 32.5 Å². The SMILES string of the molecule is C[C@H]1CC2(CC[C@](C)(C(O)c3ccccc3)C1=O)OCCO2. The Kier molecular flexibility index (Phi) is 4.10. The Balaban J connectivity index is 1.90. The molecule has 22 heavy (non-hydrogen) atoms. The van der Waals surface area contributed by atoms with Gasteiger partial charge >= 0.3 is 0 Å². The molecule has 2 fully saturated rings. The molecule has 0 aromatic heterocycles. The number of rotatable bonds is 2. The first-order valence-corrected chi connectivity index (χ1v) is 8.02. The van der Waals surface area contributed by atoms with Crippen LogP contribution in [0.15, 0.2) is 30.3 Å². The van der Waals surface area contributed by atoms with E-state index in [-0.39, 0.29) is 11.7 Å². The quantitative estimate of drug-likeness (QED) is 0.913. The largest absolute Gasteiger partial charge is 0.387 e. The number of aliphatic hydroxyl groups is 1. The van der Waals surface area contributed by atoms with Crippen molar-refractivity contribution in [2.75, 3.05) is 13.2 Å². The van der Waals surface area contributed by atoms with Gasteiger partial charge in [0.1, 0.15) is 5.78 Å². The Morgan fingerprint density at radius 3 is 2.45 bits per heavy atom. The van der Waals surface area contributed by atoms with Gasteiger partial charge in [0.2, 0.25) is 0 Å². The summed E-state index contributed by atoms with van der Waals surface area (Å²) in [4.78, 5) is 13.0. The number of ketones is 1. The fraction of sp³-hybridized carbons (Fsp3) is 0.611. The van der Waals surface area contributed by atoms with E-state index >= 15 is 0 Å². The summed E-state index contributed by atoms with van der Waals surface area (Å²) in [5.74, 6) is -0.729. The molecule has 120 valence electrons. The van der Waals surface area contributed by atoms with Crippen molar-refractivity contribution in [3.8, 4) is 0 Å². The summed E-state index contributed by atoms with van der Waals surface area (Å²) in [5.41, 5.74) is -0.0192. The van der Waals surface area contributed by atoms with Crippen LogP contribution in [0.2, 0.25) is 0 Å². The smallest absolute Gasteiger partial charge is 0.169 e. The highest BCUT2D eigenvalue weighted by atomic mass is 16.7. The van der Waals surface area contributed by atoms with E-state index < -0.39 is 17.3 Å². The van der Waals surface area contributed by atoms with Crippen molar-refractivity contribution in [2.24, 2.45) is 11.3 Å². The van der Waals surface area contributed by atoms with Gasteiger partial charge in [-0.3, -0.25) is 4.79 Å². The number of carbonyl (C=O) groups is 1. The molecule has 4 heteroatoms. The standard InChI is InChI=1S/C18H24O4/c1-13-12-18(21-10-11-22-18)9-8-17(2,15(13)19)16(20)14-6-4-3-5-7-14/h3-7,13,16,20H,8-12H2,1-2H3/t13-,16?,17-/m0/s1. The first kappa shape index (κ1) is 15.7. The molecule has 1 saturated heterocycles. The van der Waals surface area contributed by atoms with Crippen molar-refractivity contribution in [3.05, 3.63) is 35.9 Å². The highest BCUT2D eigenvalue weighted by Crippen LogP contribution is 2.48. The van der Waals surface area contributed by atoms with Crippen molar-refractivity contribution in [2.45, 2.75) is 45.0 Å². The lowest BCUT2D eigenvalue weighted by Gasteiger charge is -2.33. The van der Waals surface area contributed by atoms with Gasteiger partial charge in [-0.05, 0) is 18.9 Å². The number of aliphatic hydroxyl groups excluding tert-OH is 1. The van der Waals surface area contributed by atoms with E-state index in [1.54, 1.807) is 0 Å². The zero-order valence-corrected chi connectivity index (χ0v) is 13.2. The molecular formula is C18H24O4. The van der Waals surface area contributed by atoms with Crippen molar-refractivity contribution in [1.82, 2.24) is 0 Å². The van der Waals surface area contributed by atoms with Crippen molar-refractivity contribution in [1.29, 1.82) is 0 Å². The van der Waals surface area contributed by atoms with Gasteiger partial charge in [0.25, 0.3) is 0 Å². The Morgan fingerprint density at radius 2 is 1.82 bits per heavy atom. The number of hydrogen-bond donors (Lipinski definition) is 1. The second kappa shape index (κ2) is 5.76. The average molecular weight is 304 g/mol. The molecule has 1 aromatic rings. The van der Waals surface area contributed by atoms with Gasteiger partial charge in [-0.25, -0.2) is 0 Å². The van der Waals surface area contributed by atoms with Crippen LogP contribution >= 0.6 is 0 Å². The topological polar surface area (TPSA) is 55.8 Å². The van der Waals surface area contributed by atoms with Crippen molar-refractivity contribution >= 4 is 5.78 Å². The maximum atomic E-state index is 13.0. The molecular weight excluding hydrogens is 280 g/mol. The zero-order chi connectivity index (χ0) is 15.8. The van der Waals surface area contributed by atoms with Crippen molar-refractivity contribution < 1.29 is 19.4 Å². The van der Waals surface area contributed by atoms with E-state index in [9.17, 15) is 9.90 Å². The number of ether oxygens (including phenoxy) is 2. The molecule has 1 aliphatic heterocycles. The Morgan fingerprint density at radius 1 is 1.18 bits per heavy atom. The Labute approximate surface area is 131 Å². The van der Waals surface area contributed by atoms with Gasteiger partial charge in [-0.2, -0.15) is 0 Å². The summed E-state index contributed by atoms with van der Waals surface area (Å²) in [5, 5.41) is 10.8. The predicted octanol–water partition coefficient (Wildman–Crippen LogP) is 2.86. The van der Waals surface area contributed by atoms with Crippen LogP contribution in [0.25, 0.3) is 0 Å². The highest BCUT2D eigenvalue weighted by molar-refractivity contribution is 5.87. The van der Waals surface area contributed by atoms with Gasteiger partial charge in [0.05, 0.1) is 24.7 Å². The minimum atomic E-state index is -0.806. The molecule has 3 rings (SSSR count). The van der Waals surface area contributed by atoms with Gasteiger partial charge < -0.3 is 14.6 Å². The Bertz CT molecular complexity index is 535. The molecule has 0 radical (unpaired) electrons. The van der Waals surface area contributed by atoms with Crippen LogP contribution in [0, 0.1) is 11.3 Å². The fourth-order valence-corrected chi connectivity index (χ4v) is 3.83. The third-order valence-corrected chi connectivity index (χ3v) is 5.19. The molecule has 0 bridgehead atoms. The Hall–Kier alpha value is -1.23. The second-order valence-electron chi connectivity index (χ2n) is 6.81. The molecule has 4 nitrogen and oxygen atoms in total. The normalized spacial score (nSPS) is 32.9. The van der Waals surface area contributed by atoms with Gasteiger partial charge in [-0.1, -0.05) is 37.3 Å². The number of hydrogen-bond acceptors (Lipinski definition) is 4. The van der Waals surface area contributed by atoms with Crippen LogP contribution in [0.3, 0.4) is 0 Å². The first-order valence-electron chi connectivity index (χ1n) is 8.02. The van der Waals surface area contributed by atoms with Gasteiger partial charge in [-0.15, -0.1) is 0 Å². The lowest BCUT2D eigenvalue weighted by atomic mass is 9.72. The van der Waals surface area contributed by atoms with Gasteiger partial charge in [0, 0.05) is 18.8 Å². The number of Topliss-reactive ketones (excluding diaryl/α,β-unsaturated/α-hetero) is 1. The molecule has 1 spiro atoms. The molecule has 2 aliphatic rings. The van der Waals surface area contributed by atoms with E-state index in [1.807, 2.05) is 44.2 Å². The molecule has 1 aromatic carbocycles. The summed E-state index contributed by atoms with van der Waals surface area (Å²) in [6, 6.07) is 9.42. The molecule has 1 aliphatic carbocycles. The second-order valence-corrected chi connectivity index (χ2v) is 6.81. The molecule has 0 amide bonds. The van der Waals surface area contributed by atoms with E-state index in [2.05, 4.69) is 0 Å². The van der Waals surface area contributed by atoms with Gasteiger partial charge in [0.15, 0.2) is 5.79 Å². The van der Waals surface area contributed by atoms with Crippen LogP contribution in [0.5, 0.6) is 0 Å². The number of carbonyl (C=O) groups excluding carboxylic acids is 1. The van der Waals surface area contributed by atoms with Crippen LogP contribution in [0.4, 0.5) is 0 Å². The summed E-state index contributed by atoms with van der Waals surface area (Å²) in [6.45, 7) is 4.95. The first-order chi connectivity index (χ1) is 10.5. The highest BCUT2D eigenvalue weighted by Gasteiger charge is 2.51. The maximum Gasteiger partial charge on any atom is 0.169 e. The van der Waals surface area contributed by atoms with Crippen LogP contribution < -0.4 is 0 Å². The van der Waals surface area contributed by atoms with E-state index in [4.69, 9.17) is 9.47 Å². The lowest BCUT2D eigenvalue weighted by molar-refractivity contribution is -0.172. The minimum absolute atomic E-state index is 0.0971. The van der Waals surface area contributed by atoms with Crippen LogP contribution in [0.1, 0.15) is 44.8 Å². The summed E-state index contributed by atoms with van der Waals surface area (Å²) in [6.07, 6.45) is 0.971. The maximum absolute atomic E-state index is 13.0. The van der Waals surface area contributed by atoms with Crippen LogP contribution in [-0.2, 0) is 14.3 Å². The molecule has 1 heterocycles. The third-order valence-electron chi connectivity index (χ3n) is 5.19. The third kappa shape index (κ3) is 2.60. The fourth-order valence-electron chi connectivity index (χ4n) is 3.83. The van der Waals surface area contributed by atoms with E-state index in [1.165, 1.54) is 0 Å². The summed E-state index contributed by atoms with van der Waals surface area (Å²) < 4.78 is 11.6. The summed E-state index contributed by atoms with van der Waals surface area (Å²) in [7, 11) is 0.